The molecule has 0 nitrogen and oxygen atoms in total. The van der Waals surface area contributed by atoms with Crippen molar-refractivity contribution in [2.45, 2.75) is 130 Å². The Morgan fingerprint density at radius 2 is 0.897 bits per heavy atom. The predicted octanol–water partition coefficient (Wildman–Crippen LogP) is 16.0. The van der Waals surface area contributed by atoms with Crippen LogP contribution >= 0.6 is 17.0 Å². The molecule has 0 N–H and O–H groups in total. The summed E-state index contributed by atoms with van der Waals surface area (Å²) in [5.41, 5.74) is 9.80. The van der Waals surface area contributed by atoms with E-state index in [1.165, 1.54) is 130 Å². The average Bonchev–Trinajstić information content (AvgIpc) is 4.02. The first-order valence-corrected chi connectivity index (χ1v) is 37.1. The minimum atomic E-state index is -1.23. The molecule has 6 aromatic rings. The second-order valence-corrected chi connectivity index (χ2v) is 34.3. The molecule has 2 fully saturated rings. The van der Waals surface area contributed by atoms with Gasteiger partial charge in [0.2, 0.25) is 0 Å². The van der Waals surface area contributed by atoms with Gasteiger partial charge in [0.25, 0.3) is 0 Å². The van der Waals surface area contributed by atoms with E-state index in [1.54, 1.807) is 0 Å². The van der Waals surface area contributed by atoms with E-state index in [0.717, 1.165) is 9.52 Å². The van der Waals surface area contributed by atoms with Crippen LogP contribution in [0.3, 0.4) is 0 Å². The van der Waals surface area contributed by atoms with Gasteiger partial charge < -0.3 is 0 Å². The van der Waals surface area contributed by atoms with E-state index < -0.39 is 37.0 Å². The Hall–Kier alpha value is -1.79. The first kappa shape index (κ1) is 47.3. The summed E-state index contributed by atoms with van der Waals surface area (Å²) >= 11 is -0.826. The molecule has 8 rings (SSSR count). The zero-order valence-corrected chi connectivity index (χ0v) is 44.2. The monoisotopic (exact) mass is 936 g/mol. The summed E-state index contributed by atoms with van der Waals surface area (Å²) in [6.07, 6.45) is 13.6. The Morgan fingerprint density at radius 1 is 0.569 bits per heavy atom. The third kappa shape index (κ3) is 12.6. The number of halogens is 2. The fraction of sp³-hybridized carbons (Fsp3) is 0.423. The molecule has 2 aliphatic rings. The van der Waals surface area contributed by atoms with Gasteiger partial charge >= 0.3 is 37.9 Å². The Kier molecular flexibility index (Phi) is 17.0. The molecule has 0 amide bonds. The van der Waals surface area contributed by atoms with Crippen molar-refractivity contribution in [1.29, 1.82) is 0 Å². The van der Waals surface area contributed by atoms with Crippen LogP contribution in [0.5, 0.6) is 0 Å². The van der Waals surface area contributed by atoms with Crippen molar-refractivity contribution in [3.63, 3.8) is 0 Å². The summed E-state index contributed by atoms with van der Waals surface area (Å²) in [5.74, 6) is 0. The first-order valence-electron chi connectivity index (χ1n) is 21.8. The Labute approximate surface area is 376 Å². The van der Waals surface area contributed by atoms with Crippen LogP contribution in [0.25, 0.3) is 43.8 Å². The number of rotatable bonds is 12. The van der Waals surface area contributed by atoms with Crippen LogP contribution in [0, 0.1) is 10.8 Å². The van der Waals surface area contributed by atoms with E-state index >= 15 is 0 Å². The van der Waals surface area contributed by atoms with E-state index in [4.69, 9.17) is 17.0 Å². The van der Waals surface area contributed by atoms with Gasteiger partial charge in [0.15, 0.2) is 0 Å². The van der Waals surface area contributed by atoms with Crippen molar-refractivity contribution in [3.8, 4) is 22.3 Å². The summed E-state index contributed by atoms with van der Waals surface area (Å²) in [4.78, 5) is 0. The molecular weight excluding hydrogens is 871 g/mol. The molecule has 6 heteroatoms. The van der Waals surface area contributed by atoms with E-state index in [2.05, 4.69) is 175 Å². The van der Waals surface area contributed by atoms with Crippen molar-refractivity contribution in [2.24, 2.45) is 10.8 Å². The van der Waals surface area contributed by atoms with Gasteiger partial charge in [-0.05, 0) is 73.3 Å². The van der Waals surface area contributed by atoms with Crippen LogP contribution in [0.15, 0.2) is 109 Å². The summed E-state index contributed by atoms with van der Waals surface area (Å²) in [7, 11) is 8.48. The Morgan fingerprint density at radius 3 is 1.17 bits per heavy atom. The van der Waals surface area contributed by atoms with Crippen molar-refractivity contribution in [1.82, 2.24) is 0 Å². The van der Waals surface area contributed by atoms with Gasteiger partial charge in [0.1, 0.15) is 0 Å². The summed E-state index contributed by atoms with van der Waals surface area (Å²) < 4.78 is 0. The van der Waals surface area contributed by atoms with Crippen molar-refractivity contribution < 1.29 is 20.8 Å². The topological polar surface area (TPSA) is 0 Å². The normalized spacial score (nSPS) is 15.0. The van der Waals surface area contributed by atoms with Crippen LogP contribution in [0.4, 0.5) is 0 Å². The van der Waals surface area contributed by atoms with E-state index in [1.807, 2.05) is 0 Å². The number of hydrogen-bond donors (Lipinski definition) is 0. The zero-order chi connectivity index (χ0) is 42.1. The molecule has 0 aliphatic heterocycles. The molecule has 6 aromatic carbocycles. The van der Waals surface area contributed by atoms with Crippen LogP contribution < -0.4 is 10.4 Å². The Bertz CT molecular complexity index is 2020. The molecule has 0 bridgehead atoms. The minimum absolute atomic E-state index is 0.623. The van der Waals surface area contributed by atoms with E-state index in [-0.39, 0.29) is 0 Å². The van der Waals surface area contributed by atoms with Gasteiger partial charge in [0.05, 0.1) is 16.1 Å². The maximum absolute atomic E-state index is 4.93. The molecule has 0 atom stereocenters. The van der Waals surface area contributed by atoms with Crippen molar-refractivity contribution >= 4 is 74.6 Å². The predicted molar refractivity (Wildman–Crippen MR) is 266 cm³/mol. The molecule has 58 heavy (non-hydrogen) atoms. The van der Waals surface area contributed by atoms with Gasteiger partial charge in [-0.1, -0.05) is 161 Å². The van der Waals surface area contributed by atoms with E-state index in [0.29, 0.717) is 10.8 Å². The molecule has 0 aromatic heterocycles. The molecule has 0 spiro atoms. The van der Waals surface area contributed by atoms with Crippen molar-refractivity contribution in [3.05, 3.63) is 120 Å². The summed E-state index contributed by atoms with van der Waals surface area (Å²) in [6, 6.07) is 42.1. The fourth-order valence-electron chi connectivity index (χ4n) is 8.91. The third-order valence-electron chi connectivity index (χ3n) is 12.4. The molecule has 0 unspecified atom stereocenters. The van der Waals surface area contributed by atoms with Gasteiger partial charge in [-0.25, -0.2) is 0 Å². The molecule has 0 heterocycles. The number of hydrogen-bond acceptors (Lipinski definition) is 0. The summed E-state index contributed by atoms with van der Waals surface area (Å²) in [5, 5.41) is 8.72. The van der Waals surface area contributed by atoms with Crippen LogP contribution in [0.2, 0.25) is 52.4 Å². The zero-order valence-electron chi connectivity index (χ0n) is 37.2. The quantitative estimate of drug-likeness (QED) is 0.0847. The second-order valence-electron chi connectivity index (χ2n) is 19.4. The molecule has 2 saturated carbocycles. The molecule has 2 aliphatic carbocycles. The van der Waals surface area contributed by atoms with Gasteiger partial charge in [-0.15, -0.1) is 69.1 Å². The molecule has 2 radical (unpaired) electrons. The van der Waals surface area contributed by atoms with Gasteiger partial charge in [-0.2, -0.15) is 12.1 Å². The number of fused-ring (bicyclic) bond motifs is 2. The SMILES string of the molecule is CCCC1(Cc2cc3c(-c4ccc([Si](C)(C)C)cc4)cccc3[cH-]2)CC1.CCCC1(Cc2cc3c(-c4ccc([Si](C)(C)C)cc4)cccc3[cH-]2)CC1.C[Si]C.[Cl][Zr+2][Cl]. The maximum atomic E-state index is 4.93. The fourth-order valence-corrected chi connectivity index (χ4v) is 11.2. The number of benzene rings is 4. The average molecular weight is 940 g/mol. The van der Waals surface area contributed by atoms with E-state index in [9.17, 15) is 0 Å². The third-order valence-corrected chi connectivity index (χ3v) is 16.5. The van der Waals surface area contributed by atoms with Crippen LogP contribution in [-0.2, 0) is 33.7 Å². The van der Waals surface area contributed by atoms with Gasteiger partial charge in [-0.3, -0.25) is 0 Å². The first-order chi connectivity index (χ1) is 27.6. The van der Waals surface area contributed by atoms with Gasteiger partial charge in [0, 0.05) is 9.52 Å². The van der Waals surface area contributed by atoms with Crippen LogP contribution in [0.1, 0.15) is 76.3 Å². The summed E-state index contributed by atoms with van der Waals surface area (Å²) in [6.45, 7) is 23.4. The molecular formula is C52H68Cl2Si3Zr. The Balaban J connectivity index is 0.000000195. The molecule has 306 valence electrons. The standard InChI is InChI=1S/2C25H31Si.C2H6Si.2ClH.Zr/c2*1-5-13-25(14-15-25)18-19-16-21-7-6-8-23(24(21)17-19)20-9-11-22(12-10-20)26(2,3)4;1-3-2;;;/h2*6-12,16-17H,5,13-15,18H2,1-4H3;1-2H3;2*1H;/q2*-1;;;;+4/p-2. The van der Waals surface area contributed by atoms with Crippen LogP contribution in [-0.4, -0.2) is 25.7 Å². The molecule has 0 saturated heterocycles. The van der Waals surface area contributed by atoms with Crippen molar-refractivity contribution in [2.75, 3.05) is 0 Å². The second kappa shape index (κ2) is 20.9.